The van der Waals surface area contributed by atoms with Gasteiger partial charge in [-0.2, -0.15) is 0 Å². The van der Waals surface area contributed by atoms with Crippen LogP contribution < -0.4 is 0 Å². The second-order valence-corrected chi connectivity index (χ2v) is 6.53. The van der Waals surface area contributed by atoms with Crippen molar-refractivity contribution in [2.75, 3.05) is 5.75 Å². The number of halogens is 1. The monoisotopic (exact) mass is 258 g/mol. The Morgan fingerprint density at radius 3 is 2.82 bits per heavy atom. The van der Waals surface area contributed by atoms with Crippen molar-refractivity contribution in [2.45, 2.75) is 32.0 Å². The van der Waals surface area contributed by atoms with E-state index < -0.39 is 0 Å². The molecule has 0 unspecified atom stereocenters. The van der Waals surface area contributed by atoms with Crippen LogP contribution in [0, 0.1) is 0 Å². The first kappa shape index (κ1) is 11.9. The Morgan fingerprint density at radius 1 is 1.55 bits per heavy atom. The van der Waals surface area contributed by atoms with Crippen molar-refractivity contribution >= 4 is 38.3 Å². The molecule has 0 aliphatic rings. The van der Waals surface area contributed by atoms with Crippen molar-refractivity contribution in [3.8, 4) is 0 Å². The summed E-state index contributed by atoms with van der Waals surface area (Å²) >= 11 is 8.30. The van der Waals surface area contributed by atoms with Crippen molar-refractivity contribution in [1.82, 2.24) is 0 Å². The molecule has 0 saturated heterocycles. The van der Waals surface area contributed by atoms with Gasteiger partial charge >= 0.3 is 85.4 Å². The average molecular weight is 258 g/mol. The molecule has 3 heteroatoms. The molecule has 0 rings (SSSR count). The molecule has 0 amide bonds. The van der Waals surface area contributed by atoms with Crippen LogP contribution in [0.1, 0.15) is 26.7 Å². The molecule has 0 aromatic heterocycles. The Labute approximate surface area is 85.3 Å². The van der Waals surface area contributed by atoms with Crippen molar-refractivity contribution in [1.29, 1.82) is 0 Å². The van der Waals surface area contributed by atoms with E-state index in [9.17, 15) is 0 Å². The van der Waals surface area contributed by atoms with E-state index in [1.54, 1.807) is 11.8 Å². The summed E-state index contributed by atoms with van der Waals surface area (Å²) < 4.78 is 1.08. The van der Waals surface area contributed by atoms with Crippen LogP contribution >= 0.6 is 23.4 Å². The molecule has 0 atom stereocenters. The van der Waals surface area contributed by atoms with Gasteiger partial charge in [0.1, 0.15) is 0 Å². The molecule has 0 aromatic rings. The fourth-order valence-electron chi connectivity index (χ4n) is 0.497. The number of rotatable bonds is 6. The van der Waals surface area contributed by atoms with Gasteiger partial charge < -0.3 is 0 Å². The van der Waals surface area contributed by atoms with Crippen LogP contribution in [0.3, 0.4) is 0 Å². The summed E-state index contributed by atoms with van der Waals surface area (Å²) in [6.07, 6.45) is 2.60. The molecule has 0 fully saturated rings. The average Bonchev–Trinajstić information content (AvgIpc) is 2.01. The van der Waals surface area contributed by atoms with Crippen LogP contribution in [-0.4, -0.2) is 20.7 Å². The van der Waals surface area contributed by atoms with Gasteiger partial charge in [0.05, 0.1) is 0 Å². The number of unbranched alkanes of at least 4 members (excludes halogenated alkanes) is 1. The van der Waals surface area contributed by atoms with Gasteiger partial charge in [-0.1, -0.05) is 0 Å². The van der Waals surface area contributed by atoms with Crippen molar-refractivity contribution in [2.24, 2.45) is 0 Å². The predicted octanol–water partition coefficient (Wildman–Crippen LogP) is 3.70. The van der Waals surface area contributed by atoms with E-state index in [1.165, 1.54) is 18.2 Å². The summed E-state index contributed by atoms with van der Waals surface area (Å²) in [7, 11) is 0. The van der Waals surface area contributed by atoms with Crippen LogP contribution in [0.25, 0.3) is 0 Å². The summed E-state index contributed by atoms with van der Waals surface area (Å²) in [5.74, 6) is 1.13. The maximum atomic E-state index is 5.96. The van der Waals surface area contributed by atoms with Gasteiger partial charge in [-0.3, -0.25) is 0 Å². The molecular weight excluding hydrogens is 243 g/mol. The zero-order valence-electron chi connectivity index (χ0n) is 7.10. The fourth-order valence-corrected chi connectivity index (χ4v) is 3.63. The second-order valence-electron chi connectivity index (χ2n) is 2.08. The van der Waals surface area contributed by atoms with Gasteiger partial charge in [0, 0.05) is 0 Å². The molecule has 0 radical (unpaired) electrons. The van der Waals surface area contributed by atoms with Gasteiger partial charge in [0.2, 0.25) is 0 Å². The minimum absolute atomic E-state index is 0.541. The van der Waals surface area contributed by atoms with Gasteiger partial charge in [0.15, 0.2) is 0 Å². The molecule has 0 aliphatic carbocycles. The molecular formula is C8H15ClSSe. The SMILES string of the molecule is CCCC[Se]/C(Cl)=C/SCC. The van der Waals surface area contributed by atoms with E-state index in [2.05, 4.69) is 19.3 Å². The fraction of sp³-hybridized carbons (Fsp3) is 0.750. The molecule has 11 heavy (non-hydrogen) atoms. The molecule has 0 saturated carbocycles. The second kappa shape index (κ2) is 8.99. The zero-order valence-corrected chi connectivity index (χ0v) is 10.4. The van der Waals surface area contributed by atoms with Crippen molar-refractivity contribution in [3.05, 3.63) is 9.34 Å². The summed E-state index contributed by atoms with van der Waals surface area (Å²) in [6.45, 7) is 4.36. The first-order chi connectivity index (χ1) is 5.31. The third kappa shape index (κ3) is 8.81. The molecule has 66 valence electrons. The quantitative estimate of drug-likeness (QED) is 0.516. The molecule has 0 spiro atoms. The van der Waals surface area contributed by atoms with Gasteiger partial charge in [0.25, 0.3) is 0 Å². The maximum absolute atomic E-state index is 5.96. The predicted molar refractivity (Wildman–Crippen MR) is 57.5 cm³/mol. The molecule has 0 aliphatic heterocycles. The van der Waals surface area contributed by atoms with Crippen LogP contribution in [-0.2, 0) is 0 Å². The minimum atomic E-state index is 0.541. The van der Waals surface area contributed by atoms with E-state index in [4.69, 9.17) is 11.6 Å². The van der Waals surface area contributed by atoms with Crippen LogP contribution in [0.15, 0.2) is 9.34 Å². The van der Waals surface area contributed by atoms with Crippen LogP contribution in [0.5, 0.6) is 0 Å². The zero-order chi connectivity index (χ0) is 8.53. The Balaban J connectivity index is 3.27. The van der Waals surface area contributed by atoms with E-state index >= 15 is 0 Å². The summed E-state index contributed by atoms with van der Waals surface area (Å²) in [5, 5.41) is 3.39. The number of thioether (sulfide) groups is 1. The molecule has 0 nitrogen and oxygen atoms in total. The Bertz CT molecular complexity index is 115. The normalized spacial score (nSPS) is 12.1. The Morgan fingerprint density at radius 2 is 2.27 bits per heavy atom. The van der Waals surface area contributed by atoms with Crippen LogP contribution in [0.4, 0.5) is 0 Å². The molecule has 0 N–H and O–H groups in total. The number of hydrogen-bond donors (Lipinski definition) is 0. The first-order valence-electron chi connectivity index (χ1n) is 3.91. The Kier molecular flexibility index (Phi) is 9.73. The van der Waals surface area contributed by atoms with Gasteiger partial charge in [-0.15, -0.1) is 0 Å². The third-order valence-corrected chi connectivity index (χ3v) is 4.82. The number of hydrogen-bond acceptors (Lipinski definition) is 1. The van der Waals surface area contributed by atoms with E-state index in [-0.39, 0.29) is 0 Å². The van der Waals surface area contributed by atoms with Gasteiger partial charge in [-0.05, 0) is 0 Å². The van der Waals surface area contributed by atoms with Crippen molar-refractivity contribution in [3.63, 3.8) is 0 Å². The standard InChI is InChI=1S/C8H15ClSSe/c1-3-5-6-11-8(9)7-10-4-2/h7H,3-6H2,1-2H3/b8-7+. The topological polar surface area (TPSA) is 0 Å². The summed E-state index contributed by atoms with van der Waals surface area (Å²) in [4.78, 5) is 0. The molecule has 0 heterocycles. The summed E-state index contributed by atoms with van der Waals surface area (Å²) in [6, 6.07) is 0. The third-order valence-electron chi connectivity index (χ3n) is 1.08. The van der Waals surface area contributed by atoms with E-state index in [1.807, 2.05) is 0 Å². The van der Waals surface area contributed by atoms with E-state index in [0.717, 1.165) is 9.68 Å². The van der Waals surface area contributed by atoms with E-state index in [0.29, 0.717) is 15.0 Å². The Hall–Kier alpha value is 0.899. The molecule has 0 bridgehead atoms. The molecule has 0 aromatic carbocycles. The first-order valence-corrected chi connectivity index (χ1v) is 7.40. The van der Waals surface area contributed by atoms with Crippen molar-refractivity contribution < 1.29 is 0 Å². The van der Waals surface area contributed by atoms with Gasteiger partial charge in [-0.25, -0.2) is 0 Å². The summed E-state index contributed by atoms with van der Waals surface area (Å²) in [5.41, 5.74) is 0. The van der Waals surface area contributed by atoms with Crippen LogP contribution in [0.2, 0.25) is 5.32 Å².